The predicted octanol–water partition coefficient (Wildman–Crippen LogP) is 3.83. The Labute approximate surface area is 185 Å². The fourth-order valence-corrected chi connectivity index (χ4v) is 4.38. The van der Waals surface area contributed by atoms with Crippen LogP contribution in [0, 0.1) is 18.8 Å². The number of ether oxygens (including phenoxy) is 1. The van der Waals surface area contributed by atoms with E-state index in [0.29, 0.717) is 53.0 Å². The van der Waals surface area contributed by atoms with Gasteiger partial charge in [-0.1, -0.05) is 11.6 Å². The number of fused-ring (bicyclic) bond motifs is 1. The molecule has 7 nitrogen and oxygen atoms in total. The van der Waals surface area contributed by atoms with Gasteiger partial charge in [-0.15, -0.1) is 0 Å². The van der Waals surface area contributed by atoms with Crippen LogP contribution >= 0.6 is 11.6 Å². The van der Waals surface area contributed by atoms with Crippen molar-refractivity contribution in [3.05, 3.63) is 65.3 Å². The molecule has 0 spiro atoms. The number of likely N-dealkylation sites (tertiary alicyclic amines) is 1. The Morgan fingerprint density at radius 3 is 2.77 bits per heavy atom. The Balaban J connectivity index is 1.42. The highest BCUT2D eigenvalue weighted by Gasteiger charge is 2.47. The quantitative estimate of drug-likeness (QED) is 0.606. The number of pyridine rings is 2. The van der Waals surface area contributed by atoms with Gasteiger partial charge in [-0.2, -0.15) is 0 Å². The minimum absolute atomic E-state index is 0.0520. The van der Waals surface area contributed by atoms with Crippen molar-refractivity contribution < 1.29 is 9.53 Å². The van der Waals surface area contributed by atoms with Crippen molar-refractivity contribution in [3.63, 3.8) is 0 Å². The first kappa shape index (κ1) is 19.9. The van der Waals surface area contributed by atoms with E-state index >= 15 is 0 Å². The number of piperidine rings is 1. The standard InChI is InChI=1S/C23H22ClN5O2/c1-14-3-4-19(22-26-6-2-7-27-22)21(28-14)23(30)29-12-16-9-15(16)10-18(29)13-31-20-11-17(24)5-8-25-20/h2-8,11,15-16,18H,9-10,12-13H2,1H3/t15-,16-,18-/m0/s1. The van der Waals surface area contributed by atoms with E-state index in [2.05, 4.69) is 19.9 Å². The molecule has 2 aliphatic rings. The maximum atomic E-state index is 13.7. The summed E-state index contributed by atoms with van der Waals surface area (Å²) in [6, 6.07) is 8.84. The third-order valence-corrected chi connectivity index (χ3v) is 6.18. The number of hydrogen-bond acceptors (Lipinski definition) is 6. The molecule has 3 atom stereocenters. The minimum atomic E-state index is -0.107. The van der Waals surface area contributed by atoms with Gasteiger partial charge in [0.25, 0.3) is 5.91 Å². The van der Waals surface area contributed by atoms with Crippen LogP contribution in [0.1, 0.15) is 29.0 Å². The van der Waals surface area contributed by atoms with E-state index in [-0.39, 0.29) is 11.9 Å². The van der Waals surface area contributed by atoms with Gasteiger partial charge < -0.3 is 9.64 Å². The highest BCUT2D eigenvalue weighted by molar-refractivity contribution is 6.30. The summed E-state index contributed by atoms with van der Waals surface area (Å²) in [7, 11) is 0. The molecule has 3 aromatic heterocycles. The molecule has 1 saturated heterocycles. The fourth-order valence-electron chi connectivity index (χ4n) is 4.23. The number of nitrogens with zero attached hydrogens (tertiary/aromatic N) is 5. The van der Waals surface area contributed by atoms with E-state index in [4.69, 9.17) is 16.3 Å². The summed E-state index contributed by atoms with van der Waals surface area (Å²) in [6.45, 7) is 2.96. The second-order valence-electron chi connectivity index (χ2n) is 8.15. The molecule has 2 fully saturated rings. The average Bonchev–Trinajstić information content (AvgIpc) is 3.55. The van der Waals surface area contributed by atoms with E-state index in [1.54, 1.807) is 36.8 Å². The third-order valence-electron chi connectivity index (χ3n) is 5.94. The molecule has 0 bridgehead atoms. The molecule has 1 amide bonds. The summed E-state index contributed by atoms with van der Waals surface area (Å²) < 4.78 is 5.91. The minimum Gasteiger partial charge on any atom is -0.475 e. The van der Waals surface area contributed by atoms with E-state index < -0.39 is 0 Å². The lowest BCUT2D eigenvalue weighted by Crippen LogP contribution is -2.48. The fraction of sp³-hybridized carbons (Fsp3) is 0.348. The van der Waals surface area contributed by atoms with Crippen LogP contribution in [0.5, 0.6) is 5.88 Å². The van der Waals surface area contributed by atoms with Crippen molar-refractivity contribution in [3.8, 4) is 17.3 Å². The van der Waals surface area contributed by atoms with Crippen LogP contribution in [0.15, 0.2) is 48.9 Å². The van der Waals surface area contributed by atoms with E-state index in [9.17, 15) is 4.79 Å². The summed E-state index contributed by atoms with van der Waals surface area (Å²) >= 11 is 6.04. The van der Waals surface area contributed by atoms with Crippen molar-refractivity contribution in [1.82, 2.24) is 24.8 Å². The van der Waals surface area contributed by atoms with Gasteiger partial charge in [0.1, 0.15) is 12.3 Å². The number of aromatic nitrogens is 4. The van der Waals surface area contributed by atoms with Gasteiger partial charge in [0.15, 0.2) is 5.82 Å². The van der Waals surface area contributed by atoms with Crippen LogP contribution in [-0.2, 0) is 0 Å². The average molecular weight is 436 g/mol. The Kier molecular flexibility index (Phi) is 5.28. The Morgan fingerprint density at radius 2 is 1.97 bits per heavy atom. The zero-order valence-electron chi connectivity index (χ0n) is 17.1. The largest absolute Gasteiger partial charge is 0.475 e. The van der Waals surface area contributed by atoms with Gasteiger partial charge >= 0.3 is 0 Å². The first-order chi connectivity index (χ1) is 15.1. The second kappa shape index (κ2) is 8.23. The Hall–Kier alpha value is -3.06. The summed E-state index contributed by atoms with van der Waals surface area (Å²) in [4.78, 5) is 33.1. The van der Waals surface area contributed by atoms with Crippen molar-refractivity contribution >= 4 is 17.5 Å². The molecule has 0 N–H and O–H groups in total. The topological polar surface area (TPSA) is 81.1 Å². The molecule has 31 heavy (non-hydrogen) atoms. The van der Waals surface area contributed by atoms with Crippen LogP contribution < -0.4 is 4.74 Å². The van der Waals surface area contributed by atoms with Crippen molar-refractivity contribution in [2.45, 2.75) is 25.8 Å². The van der Waals surface area contributed by atoms with Gasteiger partial charge in [0, 0.05) is 41.9 Å². The van der Waals surface area contributed by atoms with Gasteiger partial charge in [-0.3, -0.25) is 4.79 Å². The number of aryl methyl sites for hydroxylation is 1. The maximum absolute atomic E-state index is 13.7. The van der Waals surface area contributed by atoms with Crippen LogP contribution in [0.25, 0.3) is 11.4 Å². The second-order valence-corrected chi connectivity index (χ2v) is 8.58. The molecule has 3 aromatic rings. The van der Waals surface area contributed by atoms with Crippen molar-refractivity contribution in [2.24, 2.45) is 11.8 Å². The summed E-state index contributed by atoms with van der Waals surface area (Å²) in [5.41, 5.74) is 1.81. The summed E-state index contributed by atoms with van der Waals surface area (Å²) in [5, 5.41) is 0.570. The SMILES string of the molecule is Cc1ccc(-c2ncccn2)c(C(=O)N2C[C@@H]3C[C@H]3C[C@H]2COc2cc(Cl)ccn2)n1. The third kappa shape index (κ3) is 4.23. The monoisotopic (exact) mass is 435 g/mol. The predicted molar refractivity (Wildman–Crippen MR) is 116 cm³/mol. The molecule has 1 saturated carbocycles. The molecule has 5 rings (SSSR count). The summed E-state index contributed by atoms with van der Waals surface area (Å²) in [6.07, 6.45) is 7.02. The Bertz CT molecular complexity index is 1110. The Morgan fingerprint density at radius 1 is 1.13 bits per heavy atom. The lowest BCUT2D eigenvalue weighted by Gasteiger charge is -2.35. The number of rotatable bonds is 5. The summed E-state index contributed by atoms with van der Waals surface area (Å²) in [5.74, 6) is 2.07. The lowest BCUT2D eigenvalue weighted by molar-refractivity contribution is 0.0503. The van der Waals surface area contributed by atoms with E-state index in [1.807, 2.05) is 24.0 Å². The van der Waals surface area contributed by atoms with Crippen molar-refractivity contribution in [1.29, 1.82) is 0 Å². The molecule has 1 aliphatic carbocycles. The molecule has 0 unspecified atom stereocenters. The molecule has 158 valence electrons. The molecule has 0 aromatic carbocycles. The van der Waals surface area contributed by atoms with Gasteiger partial charge in [-0.25, -0.2) is 19.9 Å². The lowest BCUT2D eigenvalue weighted by atomic mass is 10.0. The first-order valence-corrected chi connectivity index (χ1v) is 10.8. The van der Waals surface area contributed by atoms with Gasteiger partial charge in [0.05, 0.1) is 11.6 Å². The maximum Gasteiger partial charge on any atom is 0.273 e. The van der Waals surface area contributed by atoms with Crippen LogP contribution in [0.2, 0.25) is 5.02 Å². The van der Waals surface area contributed by atoms with Crippen molar-refractivity contribution in [2.75, 3.05) is 13.2 Å². The first-order valence-electron chi connectivity index (χ1n) is 10.4. The normalized spacial score (nSPS) is 22.0. The molecule has 4 heterocycles. The van der Waals surface area contributed by atoms with Crippen LogP contribution in [0.3, 0.4) is 0 Å². The zero-order chi connectivity index (χ0) is 21.4. The number of amides is 1. The van der Waals surface area contributed by atoms with Crippen LogP contribution in [0.4, 0.5) is 0 Å². The number of hydrogen-bond donors (Lipinski definition) is 0. The van der Waals surface area contributed by atoms with Gasteiger partial charge in [-0.05, 0) is 55.9 Å². The smallest absolute Gasteiger partial charge is 0.273 e. The zero-order valence-corrected chi connectivity index (χ0v) is 17.9. The number of halogens is 1. The highest BCUT2D eigenvalue weighted by Crippen LogP contribution is 2.47. The van der Waals surface area contributed by atoms with Crippen LogP contribution in [-0.4, -0.2) is 49.9 Å². The molecular weight excluding hydrogens is 414 g/mol. The van der Waals surface area contributed by atoms with Gasteiger partial charge in [0.2, 0.25) is 5.88 Å². The highest BCUT2D eigenvalue weighted by atomic mass is 35.5. The molecule has 0 radical (unpaired) electrons. The van der Waals surface area contributed by atoms with E-state index in [1.165, 1.54) is 0 Å². The molecule has 8 heteroatoms. The molecule has 1 aliphatic heterocycles. The number of carbonyl (C=O) groups is 1. The number of carbonyl (C=O) groups excluding carboxylic acids is 1. The molecular formula is C23H22ClN5O2. The van der Waals surface area contributed by atoms with E-state index in [0.717, 1.165) is 18.5 Å².